The van der Waals surface area contributed by atoms with Gasteiger partial charge in [0.15, 0.2) is 0 Å². The van der Waals surface area contributed by atoms with Crippen molar-refractivity contribution < 1.29 is 27.8 Å². The monoisotopic (exact) mass is 317 g/mol. The van der Waals surface area contributed by atoms with Gasteiger partial charge in [0.2, 0.25) is 5.60 Å². The van der Waals surface area contributed by atoms with E-state index in [2.05, 4.69) is 16.3 Å². The number of methoxy groups -OCH3 is 1. The molecule has 0 aliphatic heterocycles. The van der Waals surface area contributed by atoms with Crippen molar-refractivity contribution in [3.8, 4) is 0 Å². The summed E-state index contributed by atoms with van der Waals surface area (Å²) < 4.78 is 44.6. The lowest BCUT2D eigenvalue weighted by Crippen LogP contribution is -2.46. The van der Waals surface area contributed by atoms with Crippen LogP contribution in [-0.2, 0) is 15.1 Å². The predicted molar refractivity (Wildman–Crippen MR) is 70.7 cm³/mol. The number of benzene rings is 1. The normalized spacial score (nSPS) is 14.7. The number of carbonyl (C=O) groups excluding carboxylic acids is 1. The quantitative estimate of drug-likeness (QED) is 0.698. The number of thiazole rings is 1. The van der Waals surface area contributed by atoms with Gasteiger partial charge in [-0.3, -0.25) is 0 Å². The van der Waals surface area contributed by atoms with E-state index in [0.29, 0.717) is 16.0 Å². The number of ether oxygens (including phenoxy) is 1. The van der Waals surface area contributed by atoms with Gasteiger partial charge in [0.05, 0.1) is 22.9 Å². The molecule has 0 spiro atoms. The van der Waals surface area contributed by atoms with Crippen molar-refractivity contribution in [3.05, 3.63) is 41.4 Å². The maximum atomic E-state index is 13.3. The van der Waals surface area contributed by atoms with E-state index >= 15 is 0 Å². The summed E-state index contributed by atoms with van der Waals surface area (Å²) in [5.74, 6) is -1.35. The fourth-order valence-electron chi connectivity index (χ4n) is 1.72. The Hall–Kier alpha value is -1.93. The standard InChI is InChI=1S/C13H10F3NO3S/c1-7(10(18)20-2)12(19,13(14,15)16)11-17-8-5-3-4-6-9(8)21-11/h3-6,19H,1H2,2H3. The molecule has 8 heteroatoms. The van der Waals surface area contributed by atoms with E-state index in [-0.39, 0.29) is 5.52 Å². The summed E-state index contributed by atoms with van der Waals surface area (Å²) in [5.41, 5.74) is -4.42. The summed E-state index contributed by atoms with van der Waals surface area (Å²) in [5, 5.41) is 9.44. The molecule has 0 aliphatic rings. The predicted octanol–water partition coefficient (Wildman–Crippen LogP) is 2.78. The van der Waals surface area contributed by atoms with E-state index in [0.717, 1.165) is 7.11 Å². The molecular weight excluding hydrogens is 307 g/mol. The van der Waals surface area contributed by atoms with Gasteiger partial charge in [0.25, 0.3) is 0 Å². The van der Waals surface area contributed by atoms with Gasteiger partial charge in [-0.2, -0.15) is 13.2 Å². The van der Waals surface area contributed by atoms with Gasteiger partial charge in [0, 0.05) is 0 Å². The lowest BCUT2D eigenvalue weighted by Gasteiger charge is -2.28. The summed E-state index contributed by atoms with van der Waals surface area (Å²) in [6.45, 7) is 3.03. The van der Waals surface area contributed by atoms with Crippen molar-refractivity contribution in [3.63, 3.8) is 0 Å². The molecule has 0 aliphatic carbocycles. The zero-order valence-electron chi connectivity index (χ0n) is 10.8. The first-order chi connectivity index (χ1) is 9.71. The highest BCUT2D eigenvalue weighted by Crippen LogP contribution is 2.46. The van der Waals surface area contributed by atoms with Crippen molar-refractivity contribution in [2.45, 2.75) is 11.8 Å². The highest BCUT2D eigenvalue weighted by molar-refractivity contribution is 7.18. The Bertz CT molecular complexity index is 677. The number of aliphatic hydroxyl groups is 1. The Balaban J connectivity index is 2.65. The smallest absolute Gasteiger partial charge is 0.428 e. The van der Waals surface area contributed by atoms with Crippen LogP contribution >= 0.6 is 11.3 Å². The van der Waals surface area contributed by atoms with Crippen molar-refractivity contribution in [1.82, 2.24) is 4.98 Å². The van der Waals surface area contributed by atoms with Crippen LogP contribution in [0, 0.1) is 0 Å². The zero-order chi connectivity index (χ0) is 15.8. The molecule has 0 saturated heterocycles. The van der Waals surface area contributed by atoms with E-state index in [1.807, 2.05) is 0 Å². The van der Waals surface area contributed by atoms with Crippen LogP contribution in [0.25, 0.3) is 10.2 Å². The average molecular weight is 317 g/mol. The van der Waals surface area contributed by atoms with Crippen LogP contribution in [0.4, 0.5) is 13.2 Å². The second-order valence-electron chi connectivity index (χ2n) is 4.17. The molecule has 1 aromatic carbocycles. The molecule has 0 saturated carbocycles. The van der Waals surface area contributed by atoms with Crippen molar-refractivity contribution >= 4 is 27.5 Å². The topological polar surface area (TPSA) is 59.4 Å². The fraction of sp³-hybridized carbons (Fsp3) is 0.231. The van der Waals surface area contributed by atoms with Gasteiger partial charge in [-0.25, -0.2) is 9.78 Å². The molecule has 1 aromatic heterocycles. The minimum atomic E-state index is -5.16. The minimum Gasteiger partial charge on any atom is -0.466 e. The lowest BCUT2D eigenvalue weighted by molar-refractivity contribution is -0.251. The molecule has 1 heterocycles. The van der Waals surface area contributed by atoms with Crippen molar-refractivity contribution in [2.24, 2.45) is 0 Å². The molecule has 0 bridgehead atoms. The number of hydrogen-bond acceptors (Lipinski definition) is 5. The van der Waals surface area contributed by atoms with Gasteiger partial charge in [-0.05, 0) is 12.1 Å². The van der Waals surface area contributed by atoms with Crippen LogP contribution in [0.3, 0.4) is 0 Å². The number of nitrogens with zero attached hydrogens (tertiary/aromatic N) is 1. The Labute approximate surface area is 121 Å². The van der Waals surface area contributed by atoms with Crippen LogP contribution in [0.5, 0.6) is 0 Å². The van der Waals surface area contributed by atoms with Gasteiger partial charge < -0.3 is 9.84 Å². The summed E-state index contributed by atoms with van der Waals surface area (Å²) in [7, 11) is 0.905. The second kappa shape index (κ2) is 5.12. The van der Waals surface area contributed by atoms with E-state index in [9.17, 15) is 23.1 Å². The summed E-state index contributed by atoms with van der Waals surface area (Å²) in [6.07, 6.45) is -5.16. The first-order valence-electron chi connectivity index (χ1n) is 5.64. The van der Waals surface area contributed by atoms with Crippen LogP contribution < -0.4 is 0 Å². The number of aromatic nitrogens is 1. The second-order valence-corrected chi connectivity index (χ2v) is 5.20. The third-order valence-electron chi connectivity index (χ3n) is 2.88. The zero-order valence-corrected chi connectivity index (χ0v) is 11.6. The highest BCUT2D eigenvalue weighted by atomic mass is 32.1. The largest absolute Gasteiger partial charge is 0.466 e. The highest BCUT2D eigenvalue weighted by Gasteiger charge is 2.61. The number of para-hydroxylation sites is 1. The lowest BCUT2D eigenvalue weighted by atomic mass is 9.94. The van der Waals surface area contributed by atoms with Crippen LogP contribution in [-0.4, -0.2) is 29.3 Å². The van der Waals surface area contributed by atoms with Crippen molar-refractivity contribution in [2.75, 3.05) is 7.11 Å². The molecule has 21 heavy (non-hydrogen) atoms. The number of hydrogen-bond donors (Lipinski definition) is 1. The maximum absolute atomic E-state index is 13.3. The van der Waals surface area contributed by atoms with Gasteiger partial charge in [0.1, 0.15) is 5.01 Å². The van der Waals surface area contributed by atoms with E-state index in [1.54, 1.807) is 18.2 Å². The Morgan fingerprint density at radius 1 is 1.38 bits per heavy atom. The van der Waals surface area contributed by atoms with E-state index < -0.39 is 28.3 Å². The third kappa shape index (κ3) is 2.40. The molecule has 4 nitrogen and oxygen atoms in total. The van der Waals surface area contributed by atoms with Crippen LogP contribution in [0.15, 0.2) is 36.4 Å². The maximum Gasteiger partial charge on any atom is 0.428 e. The summed E-state index contributed by atoms with van der Waals surface area (Å²) >= 11 is 0.638. The molecule has 1 N–H and O–H groups in total. The Kier molecular flexibility index (Phi) is 3.77. The summed E-state index contributed by atoms with van der Waals surface area (Å²) in [4.78, 5) is 15.2. The first-order valence-corrected chi connectivity index (χ1v) is 6.46. The van der Waals surface area contributed by atoms with E-state index in [4.69, 9.17) is 0 Å². The SMILES string of the molecule is C=C(C(=O)OC)C(O)(c1nc2ccccc2s1)C(F)(F)F. The molecule has 112 valence electrons. The van der Waals surface area contributed by atoms with Gasteiger partial charge >= 0.3 is 12.1 Å². The number of halogens is 3. The van der Waals surface area contributed by atoms with E-state index in [1.165, 1.54) is 6.07 Å². The Morgan fingerprint density at radius 2 is 2.00 bits per heavy atom. The molecule has 1 atom stereocenters. The average Bonchev–Trinajstić information content (AvgIpc) is 2.87. The number of fused-ring (bicyclic) bond motifs is 1. The number of alkyl halides is 3. The molecule has 2 aromatic rings. The molecule has 0 radical (unpaired) electrons. The van der Waals surface area contributed by atoms with Crippen LogP contribution in [0.2, 0.25) is 0 Å². The minimum absolute atomic E-state index is 0.290. The number of rotatable bonds is 3. The first kappa shape index (κ1) is 15.5. The number of esters is 1. The molecule has 0 amide bonds. The summed E-state index contributed by atoms with van der Waals surface area (Å²) in [6, 6.07) is 6.31. The third-order valence-corrected chi connectivity index (χ3v) is 4.03. The molecular formula is C13H10F3NO3S. The van der Waals surface area contributed by atoms with Crippen LogP contribution in [0.1, 0.15) is 5.01 Å². The molecule has 2 rings (SSSR count). The fourth-order valence-corrected chi connectivity index (χ4v) is 2.82. The van der Waals surface area contributed by atoms with Crippen molar-refractivity contribution in [1.29, 1.82) is 0 Å². The van der Waals surface area contributed by atoms with Gasteiger partial charge in [-0.15, -0.1) is 11.3 Å². The number of carbonyl (C=O) groups is 1. The molecule has 0 fully saturated rings. The molecule has 1 unspecified atom stereocenters. The van der Waals surface area contributed by atoms with Gasteiger partial charge in [-0.1, -0.05) is 18.7 Å². The Morgan fingerprint density at radius 3 is 2.52 bits per heavy atom.